The molecule has 82 valence electrons. The van der Waals surface area contributed by atoms with Crippen molar-refractivity contribution in [3.8, 4) is 11.3 Å². The van der Waals surface area contributed by atoms with Crippen molar-refractivity contribution in [2.45, 2.75) is 0 Å². The second-order valence-electron chi connectivity index (χ2n) is 3.46. The summed E-state index contributed by atoms with van der Waals surface area (Å²) in [5.41, 5.74) is 10.9. The third kappa shape index (κ3) is 1.75. The van der Waals surface area contributed by atoms with Gasteiger partial charge in [-0.25, -0.2) is 4.98 Å². The van der Waals surface area contributed by atoms with E-state index in [0.29, 0.717) is 5.69 Å². The van der Waals surface area contributed by atoms with Crippen molar-refractivity contribution in [3.63, 3.8) is 0 Å². The van der Waals surface area contributed by atoms with Crippen LogP contribution >= 0.6 is 11.3 Å². The highest BCUT2D eigenvalue weighted by Gasteiger charge is 2.04. The number of hydrogen-bond donors (Lipinski definition) is 0. The van der Waals surface area contributed by atoms with Crippen LogP contribution in [0.4, 0.5) is 5.69 Å². The lowest BCUT2D eigenvalue weighted by molar-refractivity contribution is 1.23. The van der Waals surface area contributed by atoms with Gasteiger partial charge in [-0.2, -0.15) is 0 Å². The van der Waals surface area contributed by atoms with Crippen LogP contribution in [0.25, 0.3) is 26.7 Å². The minimum atomic E-state index is 0.609. The number of azide groups is 1. The Hall–Kier alpha value is -2.30. The Bertz CT molecular complexity index is 674. The van der Waals surface area contributed by atoms with Crippen LogP contribution in [0.1, 0.15) is 0 Å². The van der Waals surface area contributed by atoms with Crippen molar-refractivity contribution in [3.05, 3.63) is 52.5 Å². The van der Waals surface area contributed by atoms with Crippen LogP contribution in [0.15, 0.2) is 47.2 Å². The van der Waals surface area contributed by atoms with Crippen molar-refractivity contribution in [2.24, 2.45) is 5.11 Å². The number of hydrogen-bond acceptors (Lipinski definition) is 3. The van der Waals surface area contributed by atoms with Gasteiger partial charge in [0.15, 0.2) is 4.96 Å². The molecule has 0 saturated heterocycles. The van der Waals surface area contributed by atoms with Crippen molar-refractivity contribution in [2.75, 3.05) is 0 Å². The van der Waals surface area contributed by atoms with Gasteiger partial charge >= 0.3 is 0 Å². The second-order valence-corrected chi connectivity index (χ2v) is 4.33. The third-order valence-electron chi connectivity index (χ3n) is 2.42. The zero-order valence-electron chi connectivity index (χ0n) is 8.69. The molecule has 5 nitrogen and oxygen atoms in total. The van der Waals surface area contributed by atoms with Crippen molar-refractivity contribution in [1.29, 1.82) is 0 Å². The maximum atomic E-state index is 8.32. The van der Waals surface area contributed by atoms with Gasteiger partial charge in [-0.15, -0.1) is 11.3 Å². The summed E-state index contributed by atoms with van der Waals surface area (Å²) in [7, 11) is 0. The van der Waals surface area contributed by atoms with Crippen LogP contribution in [0, 0.1) is 0 Å². The zero-order chi connectivity index (χ0) is 11.7. The molecule has 3 rings (SSSR count). The van der Waals surface area contributed by atoms with E-state index in [4.69, 9.17) is 5.53 Å². The first-order valence-corrected chi connectivity index (χ1v) is 5.82. The molecule has 0 radical (unpaired) electrons. The molecule has 0 spiro atoms. The molecule has 0 N–H and O–H groups in total. The average molecular weight is 241 g/mol. The van der Waals surface area contributed by atoms with Crippen LogP contribution in [0.3, 0.4) is 0 Å². The SMILES string of the molecule is [N-]=[N+]=Nc1ccc(-c2cn3ccsc3n2)cc1. The quantitative estimate of drug-likeness (QED) is 0.380. The number of rotatable bonds is 2. The number of fused-ring (bicyclic) bond motifs is 1. The first-order chi connectivity index (χ1) is 8.36. The monoisotopic (exact) mass is 241 g/mol. The fraction of sp³-hybridized carbons (Fsp3) is 0. The summed E-state index contributed by atoms with van der Waals surface area (Å²) in [5, 5.41) is 5.53. The smallest absolute Gasteiger partial charge is 0.194 e. The summed E-state index contributed by atoms with van der Waals surface area (Å²) in [5.74, 6) is 0. The molecule has 0 amide bonds. The van der Waals surface area contributed by atoms with Crippen molar-refractivity contribution < 1.29 is 0 Å². The van der Waals surface area contributed by atoms with Crippen LogP contribution < -0.4 is 0 Å². The van der Waals surface area contributed by atoms with Gasteiger partial charge in [-0.3, -0.25) is 4.40 Å². The predicted molar refractivity (Wildman–Crippen MR) is 67.3 cm³/mol. The maximum Gasteiger partial charge on any atom is 0.194 e. The molecule has 3 aromatic rings. The minimum Gasteiger partial charge on any atom is -0.297 e. The van der Waals surface area contributed by atoms with Gasteiger partial charge in [0.1, 0.15) is 0 Å². The number of thiazole rings is 1. The molecule has 6 heteroatoms. The molecule has 0 atom stereocenters. The van der Waals surface area contributed by atoms with Gasteiger partial charge < -0.3 is 0 Å². The van der Waals surface area contributed by atoms with Gasteiger partial charge in [-0.1, -0.05) is 29.4 Å². The molecule has 2 aromatic heterocycles. The molecule has 0 aliphatic rings. The van der Waals surface area contributed by atoms with Gasteiger partial charge in [0.25, 0.3) is 0 Å². The molecule has 0 aliphatic heterocycles. The summed E-state index contributed by atoms with van der Waals surface area (Å²) >= 11 is 1.60. The summed E-state index contributed by atoms with van der Waals surface area (Å²) in [6.45, 7) is 0. The Labute approximate surface area is 101 Å². The van der Waals surface area contributed by atoms with E-state index < -0.39 is 0 Å². The standard InChI is InChI=1S/C11H7N5S/c12-15-14-9-3-1-8(2-4-9)10-7-16-5-6-17-11(16)13-10/h1-7H. The fourth-order valence-corrected chi connectivity index (χ4v) is 2.32. The van der Waals surface area contributed by atoms with E-state index in [1.54, 1.807) is 23.5 Å². The van der Waals surface area contributed by atoms with E-state index in [1.165, 1.54) is 0 Å². The van der Waals surface area contributed by atoms with Crippen molar-refractivity contribution in [1.82, 2.24) is 9.38 Å². The van der Waals surface area contributed by atoms with E-state index in [9.17, 15) is 0 Å². The summed E-state index contributed by atoms with van der Waals surface area (Å²) in [6.07, 6.45) is 3.96. The summed E-state index contributed by atoms with van der Waals surface area (Å²) in [4.78, 5) is 8.21. The molecule has 0 saturated carbocycles. The fourth-order valence-electron chi connectivity index (χ4n) is 1.62. The van der Waals surface area contributed by atoms with Crippen LogP contribution in [0.5, 0.6) is 0 Å². The topological polar surface area (TPSA) is 66.1 Å². The number of nitrogens with zero attached hydrogens (tertiary/aromatic N) is 5. The van der Waals surface area contributed by atoms with E-state index in [0.717, 1.165) is 16.2 Å². The number of aromatic nitrogens is 2. The Morgan fingerprint density at radius 2 is 2.12 bits per heavy atom. The molecule has 2 heterocycles. The Balaban J connectivity index is 2.03. The normalized spacial score (nSPS) is 10.4. The Morgan fingerprint density at radius 1 is 1.29 bits per heavy atom. The van der Waals surface area contributed by atoms with Crippen LogP contribution in [-0.2, 0) is 0 Å². The van der Waals surface area contributed by atoms with Gasteiger partial charge in [0.2, 0.25) is 0 Å². The highest BCUT2D eigenvalue weighted by atomic mass is 32.1. The lowest BCUT2D eigenvalue weighted by Gasteiger charge is -1.96. The van der Waals surface area contributed by atoms with Crippen LogP contribution in [0.2, 0.25) is 0 Å². The summed E-state index contributed by atoms with van der Waals surface area (Å²) < 4.78 is 1.99. The first-order valence-electron chi connectivity index (χ1n) is 4.94. The van der Waals surface area contributed by atoms with Gasteiger partial charge in [0, 0.05) is 33.9 Å². The zero-order valence-corrected chi connectivity index (χ0v) is 9.50. The minimum absolute atomic E-state index is 0.609. The van der Waals surface area contributed by atoms with Gasteiger partial charge in [-0.05, 0) is 5.53 Å². The van der Waals surface area contributed by atoms with Gasteiger partial charge in [0.05, 0.1) is 5.69 Å². The molecule has 0 fully saturated rings. The predicted octanol–water partition coefficient (Wildman–Crippen LogP) is 4.00. The van der Waals surface area contributed by atoms with Crippen molar-refractivity contribution >= 4 is 22.0 Å². The first kappa shape index (κ1) is 9.89. The summed E-state index contributed by atoms with van der Waals surface area (Å²) in [6, 6.07) is 7.36. The lowest BCUT2D eigenvalue weighted by atomic mass is 10.1. The molecule has 1 aromatic carbocycles. The maximum absolute atomic E-state index is 8.32. The molecule has 17 heavy (non-hydrogen) atoms. The molecular formula is C11H7N5S. The van der Waals surface area contributed by atoms with E-state index in [-0.39, 0.29) is 0 Å². The molecule has 0 bridgehead atoms. The molecular weight excluding hydrogens is 234 g/mol. The highest BCUT2D eigenvalue weighted by molar-refractivity contribution is 7.15. The lowest BCUT2D eigenvalue weighted by Crippen LogP contribution is -1.75. The Kier molecular flexibility index (Phi) is 2.29. The average Bonchev–Trinajstić information content (AvgIpc) is 2.90. The Morgan fingerprint density at radius 3 is 2.82 bits per heavy atom. The van der Waals surface area contributed by atoms with E-state index in [1.807, 2.05) is 34.3 Å². The van der Waals surface area contributed by atoms with Crippen LogP contribution in [-0.4, -0.2) is 9.38 Å². The second kappa shape index (κ2) is 3.93. The number of imidazole rings is 1. The van der Waals surface area contributed by atoms with E-state index >= 15 is 0 Å². The highest BCUT2D eigenvalue weighted by Crippen LogP contribution is 2.23. The number of benzene rings is 1. The third-order valence-corrected chi connectivity index (χ3v) is 3.19. The molecule has 0 aliphatic carbocycles. The molecule has 0 unspecified atom stereocenters. The van der Waals surface area contributed by atoms with E-state index in [2.05, 4.69) is 15.0 Å². The largest absolute Gasteiger partial charge is 0.297 e.